The molecule has 0 heterocycles. The van der Waals surface area contributed by atoms with Gasteiger partial charge < -0.3 is 24.1 Å². The van der Waals surface area contributed by atoms with Gasteiger partial charge in [0.25, 0.3) is 0 Å². The van der Waals surface area contributed by atoms with E-state index in [1.54, 1.807) is 28.4 Å². The summed E-state index contributed by atoms with van der Waals surface area (Å²) in [6.45, 7) is 0. The third kappa shape index (κ3) is 4.03. The quantitative estimate of drug-likeness (QED) is 0.743. The van der Waals surface area contributed by atoms with Gasteiger partial charge in [-0.15, -0.1) is 0 Å². The maximum atomic E-state index is 9.64. The lowest BCUT2D eigenvalue weighted by molar-refractivity contribution is 0.0729. The Morgan fingerprint density at radius 2 is 1.26 bits per heavy atom. The Labute approximate surface area is 160 Å². The third-order valence-corrected chi connectivity index (χ3v) is 4.96. The summed E-state index contributed by atoms with van der Waals surface area (Å²) in [6, 6.07) is 9.77. The number of benzene rings is 2. The van der Waals surface area contributed by atoms with E-state index in [9.17, 15) is 5.11 Å². The number of methoxy groups -OCH3 is 4. The van der Waals surface area contributed by atoms with E-state index in [1.165, 1.54) is 0 Å². The van der Waals surface area contributed by atoms with E-state index in [0.717, 1.165) is 41.0 Å². The van der Waals surface area contributed by atoms with Crippen molar-refractivity contribution >= 4 is 12.2 Å². The van der Waals surface area contributed by atoms with Crippen LogP contribution in [0, 0.1) is 0 Å². The molecular formula is C22H26O5. The van der Waals surface area contributed by atoms with E-state index in [-0.39, 0.29) is 12.0 Å². The first kappa shape index (κ1) is 19.1. The molecule has 0 saturated heterocycles. The summed E-state index contributed by atoms with van der Waals surface area (Å²) in [5.74, 6) is 3.24. The van der Waals surface area contributed by atoms with Crippen molar-refractivity contribution in [3.05, 3.63) is 47.0 Å². The zero-order valence-corrected chi connectivity index (χ0v) is 16.2. The van der Waals surface area contributed by atoms with E-state index >= 15 is 0 Å². The second-order valence-electron chi connectivity index (χ2n) is 6.61. The number of aliphatic hydroxyl groups is 1. The van der Waals surface area contributed by atoms with Gasteiger partial charge in [-0.3, -0.25) is 0 Å². The molecule has 0 aliphatic heterocycles. The summed E-state index contributed by atoms with van der Waals surface area (Å²) in [5, 5.41) is 9.64. The van der Waals surface area contributed by atoms with Crippen molar-refractivity contribution < 1.29 is 24.1 Å². The number of hydrogen-bond acceptors (Lipinski definition) is 5. The Bertz CT molecular complexity index is 796. The molecule has 1 aliphatic rings. The molecule has 0 amide bonds. The van der Waals surface area contributed by atoms with Crippen LogP contribution in [0.4, 0.5) is 0 Å². The van der Waals surface area contributed by atoms with Crippen LogP contribution in [0.25, 0.3) is 12.2 Å². The fourth-order valence-electron chi connectivity index (χ4n) is 3.43. The second-order valence-corrected chi connectivity index (χ2v) is 6.61. The Hall–Kier alpha value is -2.66. The van der Waals surface area contributed by atoms with Gasteiger partial charge in [-0.2, -0.15) is 0 Å². The topological polar surface area (TPSA) is 57.2 Å². The second kappa shape index (κ2) is 8.35. The summed E-state index contributed by atoms with van der Waals surface area (Å²) in [4.78, 5) is 0. The normalized spacial score (nSPS) is 18.9. The van der Waals surface area contributed by atoms with Crippen LogP contribution in [0.3, 0.4) is 0 Å². The van der Waals surface area contributed by atoms with Gasteiger partial charge in [-0.1, -0.05) is 18.2 Å². The minimum Gasteiger partial charge on any atom is -0.496 e. The molecule has 5 nitrogen and oxygen atoms in total. The highest BCUT2D eigenvalue weighted by Crippen LogP contribution is 2.46. The molecule has 1 fully saturated rings. The Balaban J connectivity index is 1.90. The molecule has 1 N–H and O–H groups in total. The molecule has 2 aromatic rings. The molecule has 144 valence electrons. The first-order valence-electron chi connectivity index (χ1n) is 8.93. The Morgan fingerprint density at radius 1 is 0.741 bits per heavy atom. The van der Waals surface area contributed by atoms with Crippen LogP contribution in [-0.2, 0) is 0 Å². The van der Waals surface area contributed by atoms with Crippen LogP contribution < -0.4 is 18.9 Å². The van der Waals surface area contributed by atoms with Gasteiger partial charge in [-0.25, -0.2) is 0 Å². The molecule has 0 atom stereocenters. The molecular weight excluding hydrogens is 344 g/mol. The van der Waals surface area contributed by atoms with Gasteiger partial charge in [0.1, 0.15) is 11.5 Å². The number of hydrogen-bond donors (Lipinski definition) is 1. The Kier molecular flexibility index (Phi) is 5.91. The number of ether oxygens (including phenoxy) is 4. The van der Waals surface area contributed by atoms with Gasteiger partial charge in [0, 0.05) is 5.56 Å². The zero-order valence-electron chi connectivity index (χ0n) is 16.2. The van der Waals surface area contributed by atoms with Crippen LogP contribution in [0.15, 0.2) is 30.3 Å². The van der Waals surface area contributed by atoms with Crippen molar-refractivity contribution in [2.45, 2.75) is 24.9 Å². The van der Waals surface area contributed by atoms with Crippen molar-refractivity contribution in [1.82, 2.24) is 0 Å². The van der Waals surface area contributed by atoms with Crippen molar-refractivity contribution in [2.75, 3.05) is 28.4 Å². The average Bonchev–Trinajstić information content (AvgIpc) is 2.68. The summed E-state index contributed by atoms with van der Waals surface area (Å²) < 4.78 is 21.8. The smallest absolute Gasteiger partial charge is 0.161 e. The Morgan fingerprint density at radius 3 is 1.78 bits per heavy atom. The van der Waals surface area contributed by atoms with Gasteiger partial charge >= 0.3 is 0 Å². The molecule has 1 aliphatic carbocycles. The predicted octanol–water partition coefficient (Wildman–Crippen LogP) is 4.13. The lowest BCUT2D eigenvalue weighted by atomic mass is 9.76. The van der Waals surface area contributed by atoms with Gasteiger partial charge in [0.05, 0.1) is 34.5 Å². The van der Waals surface area contributed by atoms with Crippen LogP contribution in [0.5, 0.6) is 23.0 Å². The molecule has 1 saturated carbocycles. The molecule has 0 aromatic heterocycles. The molecule has 2 aromatic carbocycles. The van der Waals surface area contributed by atoms with Crippen LogP contribution in [-0.4, -0.2) is 39.6 Å². The first-order valence-corrected chi connectivity index (χ1v) is 8.93. The number of rotatable bonds is 7. The van der Waals surface area contributed by atoms with Gasteiger partial charge in [0.15, 0.2) is 11.5 Å². The summed E-state index contributed by atoms with van der Waals surface area (Å²) in [5.41, 5.74) is 3.01. The molecule has 3 rings (SSSR count). The maximum Gasteiger partial charge on any atom is 0.161 e. The predicted molar refractivity (Wildman–Crippen MR) is 106 cm³/mol. The minimum atomic E-state index is -0.228. The lowest BCUT2D eigenvalue weighted by Gasteiger charge is -2.33. The average molecular weight is 370 g/mol. The summed E-state index contributed by atoms with van der Waals surface area (Å²) in [6.07, 6.45) is 5.27. The standard InChI is InChI=1S/C22H26O5/c1-24-18-8-7-14(9-19(18)25-2)5-6-15-10-20(26-3)22(21(11-15)27-4)16-12-17(23)13-16/h5-11,16-17,23H,12-13H2,1-4H3/b6-5+. The maximum absolute atomic E-state index is 9.64. The van der Waals surface area contributed by atoms with Crippen LogP contribution in [0.1, 0.15) is 35.4 Å². The highest BCUT2D eigenvalue weighted by molar-refractivity contribution is 5.73. The minimum absolute atomic E-state index is 0.228. The van der Waals surface area contributed by atoms with E-state index in [1.807, 2.05) is 42.5 Å². The zero-order chi connectivity index (χ0) is 19.4. The molecule has 27 heavy (non-hydrogen) atoms. The SMILES string of the molecule is COc1ccc(/C=C/c2cc(OC)c(C3CC(O)C3)c(OC)c2)cc1OC. The van der Waals surface area contributed by atoms with E-state index in [4.69, 9.17) is 18.9 Å². The molecule has 5 heteroatoms. The van der Waals surface area contributed by atoms with Crippen LogP contribution >= 0.6 is 0 Å². The van der Waals surface area contributed by atoms with Crippen molar-refractivity contribution in [2.24, 2.45) is 0 Å². The first-order chi connectivity index (χ1) is 13.1. The van der Waals surface area contributed by atoms with Gasteiger partial charge in [-0.05, 0) is 54.2 Å². The van der Waals surface area contributed by atoms with Crippen molar-refractivity contribution in [3.63, 3.8) is 0 Å². The molecule has 0 radical (unpaired) electrons. The van der Waals surface area contributed by atoms with Crippen LogP contribution in [0.2, 0.25) is 0 Å². The van der Waals surface area contributed by atoms with Crippen molar-refractivity contribution in [1.29, 1.82) is 0 Å². The highest BCUT2D eigenvalue weighted by Gasteiger charge is 2.33. The number of aliphatic hydroxyl groups excluding tert-OH is 1. The molecule has 0 unspecified atom stereocenters. The molecule has 0 spiro atoms. The van der Waals surface area contributed by atoms with E-state index < -0.39 is 0 Å². The highest BCUT2D eigenvalue weighted by atomic mass is 16.5. The molecule has 0 bridgehead atoms. The summed E-state index contributed by atoms with van der Waals surface area (Å²) in [7, 11) is 6.57. The monoisotopic (exact) mass is 370 g/mol. The summed E-state index contributed by atoms with van der Waals surface area (Å²) >= 11 is 0. The lowest BCUT2D eigenvalue weighted by Crippen LogP contribution is -2.27. The van der Waals surface area contributed by atoms with E-state index in [2.05, 4.69) is 0 Å². The van der Waals surface area contributed by atoms with Gasteiger partial charge in [0.2, 0.25) is 0 Å². The fourth-order valence-corrected chi connectivity index (χ4v) is 3.43. The van der Waals surface area contributed by atoms with E-state index in [0.29, 0.717) is 11.5 Å². The fraction of sp³-hybridized carbons (Fsp3) is 0.364. The van der Waals surface area contributed by atoms with Crippen molar-refractivity contribution in [3.8, 4) is 23.0 Å². The third-order valence-electron chi connectivity index (χ3n) is 4.96. The largest absolute Gasteiger partial charge is 0.496 e.